The molecule has 4 rings (SSSR count). The molecule has 1 N–H and O–H groups in total. The first-order valence-electron chi connectivity index (χ1n) is 10.4. The van der Waals surface area contributed by atoms with Crippen molar-refractivity contribution in [1.29, 1.82) is 0 Å². The molecule has 1 aromatic rings. The van der Waals surface area contributed by atoms with E-state index in [1.54, 1.807) is 7.11 Å². The number of ether oxygens (including phenoxy) is 3. The Labute approximate surface area is 172 Å². The van der Waals surface area contributed by atoms with Crippen LogP contribution in [0.4, 0.5) is 0 Å². The second-order valence-corrected chi connectivity index (χ2v) is 9.67. The van der Waals surface area contributed by atoms with E-state index in [0.717, 1.165) is 43.5 Å². The number of rotatable bonds is 4. The molecule has 2 fully saturated rings. The summed E-state index contributed by atoms with van der Waals surface area (Å²) >= 11 is 6.81. The summed E-state index contributed by atoms with van der Waals surface area (Å²) in [5, 5.41) is 11.4. The fourth-order valence-electron chi connectivity index (χ4n) is 4.54. The van der Waals surface area contributed by atoms with Gasteiger partial charge in [-0.15, -0.1) is 0 Å². The molecule has 1 saturated carbocycles. The summed E-state index contributed by atoms with van der Waals surface area (Å²) in [6.45, 7) is 7.73. The Morgan fingerprint density at radius 3 is 2.61 bits per heavy atom. The summed E-state index contributed by atoms with van der Waals surface area (Å²) in [7, 11) is 1.66. The summed E-state index contributed by atoms with van der Waals surface area (Å²) in [6.07, 6.45) is 4.45. The summed E-state index contributed by atoms with van der Waals surface area (Å²) < 4.78 is 17.9. The molecule has 0 aromatic heterocycles. The molecule has 3 atom stereocenters. The normalized spacial score (nSPS) is 28.3. The van der Waals surface area contributed by atoms with Gasteiger partial charge in [0.05, 0.1) is 36.0 Å². The third kappa shape index (κ3) is 3.87. The van der Waals surface area contributed by atoms with Gasteiger partial charge in [0, 0.05) is 19.1 Å². The highest BCUT2D eigenvalue weighted by atomic mass is 35.5. The van der Waals surface area contributed by atoms with Crippen molar-refractivity contribution >= 4 is 11.6 Å². The van der Waals surface area contributed by atoms with Crippen LogP contribution in [0.3, 0.4) is 0 Å². The maximum absolute atomic E-state index is 10.8. The van der Waals surface area contributed by atoms with E-state index >= 15 is 0 Å². The van der Waals surface area contributed by atoms with Gasteiger partial charge in [-0.1, -0.05) is 11.6 Å². The van der Waals surface area contributed by atoms with Crippen LogP contribution in [0.25, 0.3) is 0 Å². The van der Waals surface area contributed by atoms with E-state index in [-0.39, 0.29) is 23.9 Å². The minimum absolute atomic E-state index is 0.128. The predicted molar refractivity (Wildman–Crippen MR) is 110 cm³/mol. The number of piperidine rings is 1. The number of fused-ring (bicyclic) bond motifs is 3. The Bertz CT molecular complexity index is 728. The maximum atomic E-state index is 10.8. The number of aliphatic hydroxyl groups excluding tert-OH is 1. The average Bonchev–Trinajstić information content (AvgIpc) is 2.58. The van der Waals surface area contributed by atoms with Crippen molar-refractivity contribution in [2.24, 2.45) is 0 Å². The Hall–Kier alpha value is -1.01. The van der Waals surface area contributed by atoms with Gasteiger partial charge >= 0.3 is 0 Å². The van der Waals surface area contributed by atoms with Gasteiger partial charge in [0.25, 0.3) is 0 Å². The molecule has 3 aliphatic rings. The van der Waals surface area contributed by atoms with Crippen molar-refractivity contribution in [3.63, 3.8) is 0 Å². The van der Waals surface area contributed by atoms with Crippen molar-refractivity contribution < 1.29 is 19.3 Å². The van der Waals surface area contributed by atoms with Gasteiger partial charge in [-0.3, -0.25) is 4.90 Å². The largest absolute Gasteiger partial charge is 0.493 e. The van der Waals surface area contributed by atoms with E-state index in [4.69, 9.17) is 25.8 Å². The molecule has 0 spiro atoms. The van der Waals surface area contributed by atoms with E-state index in [1.807, 2.05) is 20.8 Å². The predicted octanol–water partition coefficient (Wildman–Crippen LogP) is 4.13. The number of hydrogen-bond acceptors (Lipinski definition) is 5. The van der Waals surface area contributed by atoms with Gasteiger partial charge in [-0.2, -0.15) is 0 Å². The van der Waals surface area contributed by atoms with Crippen molar-refractivity contribution in [3.8, 4) is 11.5 Å². The number of methoxy groups -OCH3 is 1. The molecule has 2 aliphatic heterocycles. The minimum atomic E-state index is -0.498. The molecular weight excluding hydrogens is 378 g/mol. The van der Waals surface area contributed by atoms with Gasteiger partial charge in [0.1, 0.15) is 0 Å². The van der Waals surface area contributed by atoms with Crippen LogP contribution in [0.15, 0.2) is 6.07 Å². The van der Waals surface area contributed by atoms with Crippen LogP contribution >= 0.6 is 11.6 Å². The number of aliphatic hydroxyl groups is 1. The standard InChI is InChI=1S/C22H32ClNO4/c1-22(2,3)28-19-12-24-9-8-14-15(16(24)11-17(19)25)10-18(26-4)21(20(14)23)27-13-6-5-7-13/h10,13,16-17,19,25H,5-9,11-12H2,1-4H3/t16-,17-,19-/m1/s1. The highest BCUT2D eigenvalue weighted by Crippen LogP contribution is 2.48. The average molecular weight is 410 g/mol. The SMILES string of the molecule is COc1cc2c(c(Cl)c1OC1CCC1)CCN1C[C@@H](OC(C)(C)C)[C@H](O)C[C@H]21. The summed E-state index contributed by atoms with van der Waals surface area (Å²) in [5.74, 6) is 1.38. The molecule has 2 heterocycles. The van der Waals surface area contributed by atoms with Crippen molar-refractivity contribution in [3.05, 3.63) is 22.2 Å². The van der Waals surface area contributed by atoms with Crippen LogP contribution in [0.1, 0.15) is 63.6 Å². The van der Waals surface area contributed by atoms with Crippen LogP contribution < -0.4 is 9.47 Å². The quantitative estimate of drug-likeness (QED) is 0.810. The third-order valence-corrected chi connectivity index (χ3v) is 6.54. The zero-order valence-corrected chi connectivity index (χ0v) is 18.1. The lowest BCUT2D eigenvalue weighted by Gasteiger charge is -2.47. The maximum Gasteiger partial charge on any atom is 0.180 e. The monoisotopic (exact) mass is 409 g/mol. The van der Waals surface area contributed by atoms with E-state index in [1.165, 1.54) is 6.42 Å². The zero-order chi connectivity index (χ0) is 20.1. The van der Waals surface area contributed by atoms with Gasteiger partial charge in [0.2, 0.25) is 0 Å². The fourth-order valence-corrected chi connectivity index (χ4v) is 4.88. The van der Waals surface area contributed by atoms with E-state index < -0.39 is 6.10 Å². The second kappa shape index (κ2) is 7.67. The van der Waals surface area contributed by atoms with Crippen molar-refractivity contribution in [1.82, 2.24) is 4.90 Å². The molecule has 0 radical (unpaired) electrons. The molecular formula is C22H32ClNO4. The molecule has 6 heteroatoms. The molecule has 0 unspecified atom stereocenters. The number of halogens is 1. The topological polar surface area (TPSA) is 51.2 Å². The molecule has 0 amide bonds. The molecule has 1 aromatic carbocycles. The molecule has 1 saturated heterocycles. The molecule has 5 nitrogen and oxygen atoms in total. The number of benzene rings is 1. The highest BCUT2D eigenvalue weighted by Gasteiger charge is 2.41. The first-order chi connectivity index (χ1) is 13.3. The van der Waals surface area contributed by atoms with E-state index in [2.05, 4.69) is 11.0 Å². The van der Waals surface area contributed by atoms with E-state index in [0.29, 0.717) is 22.9 Å². The summed E-state index contributed by atoms with van der Waals surface area (Å²) in [6, 6.07) is 2.20. The smallest absolute Gasteiger partial charge is 0.180 e. The lowest BCUT2D eigenvalue weighted by molar-refractivity contribution is -0.149. The van der Waals surface area contributed by atoms with Crippen molar-refractivity contribution in [2.75, 3.05) is 20.2 Å². The Morgan fingerprint density at radius 1 is 1.25 bits per heavy atom. The second-order valence-electron chi connectivity index (χ2n) is 9.29. The van der Waals surface area contributed by atoms with Gasteiger partial charge in [-0.05, 0) is 70.1 Å². The van der Waals surface area contributed by atoms with Crippen molar-refractivity contribution in [2.45, 2.75) is 82.8 Å². The fraction of sp³-hybridized carbons (Fsp3) is 0.727. The molecule has 28 heavy (non-hydrogen) atoms. The first kappa shape index (κ1) is 20.3. The van der Waals surface area contributed by atoms with Crippen LogP contribution in [-0.2, 0) is 11.2 Å². The third-order valence-electron chi connectivity index (χ3n) is 6.14. The zero-order valence-electron chi connectivity index (χ0n) is 17.3. The van der Waals surface area contributed by atoms with Gasteiger partial charge in [0.15, 0.2) is 11.5 Å². The summed E-state index contributed by atoms with van der Waals surface area (Å²) in [5.41, 5.74) is 2.02. The van der Waals surface area contributed by atoms with Crippen LogP contribution in [0.2, 0.25) is 5.02 Å². The first-order valence-corrected chi connectivity index (χ1v) is 10.8. The van der Waals surface area contributed by atoms with Gasteiger partial charge in [-0.25, -0.2) is 0 Å². The number of hydrogen-bond donors (Lipinski definition) is 1. The Kier molecular flexibility index (Phi) is 5.56. The van der Waals surface area contributed by atoms with Crippen LogP contribution in [0, 0.1) is 0 Å². The van der Waals surface area contributed by atoms with Gasteiger partial charge < -0.3 is 19.3 Å². The number of nitrogens with zero attached hydrogens (tertiary/aromatic N) is 1. The van der Waals surface area contributed by atoms with E-state index in [9.17, 15) is 5.11 Å². The Morgan fingerprint density at radius 2 is 2.00 bits per heavy atom. The minimum Gasteiger partial charge on any atom is -0.493 e. The highest BCUT2D eigenvalue weighted by molar-refractivity contribution is 6.33. The molecule has 156 valence electrons. The molecule has 0 bridgehead atoms. The van der Waals surface area contributed by atoms with Crippen LogP contribution in [0.5, 0.6) is 11.5 Å². The summed E-state index contributed by atoms with van der Waals surface area (Å²) in [4.78, 5) is 2.41. The lowest BCUT2D eigenvalue weighted by atomic mass is 9.84. The Balaban J connectivity index is 1.61. The lowest BCUT2D eigenvalue weighted by Crippen LogP contribution is -2.53. The molecule has 1 aliphatic carbocycles. The van der Waals surface area contributed by atoms with Crippen LogP contribution in [-0.4, -0.2) is 54.1 Å².